The molecule has 0 saturated heterocycles. The lowest BCUT2D eigenvalue weighted by Crippen LogP contribution is -1.93. The van der Waals surface area contributed by atoms with Crippen LogP contribution >= 0.6 is 0 Å². The van der Waals surface area contributed by atoms with Crippen LogP contribution in [0.3, 0.4) is 0 Å². The Balaban J connectivity index is 2.32. The number of ether oxygens (including phenoxy) is 2. The Labute approximate surface area is 124 Å². The molecule has 0 heterocycles. The van der Waals surface area contributed by atoms with Crippen molar-refractivity contribution < 1.29 is 14.3 Å². The van der Waals surface area contributed by atoms with E-state index >= 15 is 0 Å². The van der Waals surface area contributed by atoms with Gasteiger partial charge in [0.2, 0.25) is 0 Å². The second-order valence-corrected chi connectivity index (χ2v) is 4.47. The monoisotopic (exact) mass is 283 g/mol. The fourth-order valence-electron chi connectivity index (χ4n) is 1.89. The van der Waals surface area contributed by atoms with Crippen molar-refractivity contribution in [3.8, 4) is 11.5 Å². The van der Waals surface area contributed by atoms with Gasteiger partial charge in [-0.25, -0.2) is 0 Å². The number of methoxy groups -OCH3 is 2. The summed E-state index contributed by atoms with van der Waals surface area (Å²) in [5.41, 5.74) is 2.17. The number of aliphatic imine (C=N–C) groups is 1. The van der Waals surface area contributed by atoms with E-state index in [-0.39, 0.29) is 5.78 Å². The van der Waals surface area contributed by atoms with Gasteiger partial charge in [0.1, 0.15) is 11.5 Å². The van der Waals surface area contributed by atoms with E-state index in [4.69, 9.17) is 9.47 Å². The summed E-state index contributed by atoms with van der Waals surface area (Å²) in [5.74, 6) is 1.46. The Bertz CT molecular complexity index is 677. The van der Waals surface area contributed by atoms with Crippen molar-refractivity contribution in [2.45, 2.75) is 6.92 Å². The van der Waals surface area contributed by atoms with Gasteiger partial charge in [-0.2, -0.15) is 0 Å². The summed E-state index contributed by atoms with van der Waals surface area (Å²) in [6.07, 6.45) is 1.70. The first kappa shape index (κ1) is 14.8. The lowest BCUT2D eigenvalue weighted by atomic mass is 10.1. The van der Waals surface area contributed by atoms with Gasteiger partial charge in [-0.05, 0) is 37.3 Å². The van der Waals surface area contributed by atoms with Gasteiger partial charge < -0.3 is 9.47 Å². The molecule has 0 saturated carbocycles. The van der Waals surface area contributed by atoms with E-state index in [9.17, 15) is 4.79 Å². The Morgan fingerprint density at radius 1 is 1.10 bits per heavy atom. The topological polar surface area (TPSA) is 47.9 Å². The molecule has 0 bridgehead atoms. The molecule has 0 N–H and O–H groups in total. The van der Waals surface area contributed by atoms with Gasteiger partial charge in [0.05, 0.1) is 19.9 Å². The van der Waals surface area contributed by atoms with Crippen LogP contribution in [0.25, 0.3) is 0 Å². The Morgan fingerprint density at radius 3 is 2.57 bits per heavy atom. The van der Waals surface area contributed by atoms with E-state index in [1.165, 1.54) is 6.92 Å². The third-order valence-corrected chi connectivity index (χ3v) is 3.04. The van der Waals surface area contributed by atoms with Gasteiger partial charge >= 0.3 is 0 Å². The molecule has 0 amide bonds. The van der Waals surface area contributed by atoms with Gasteiger partial charge in [0.15, 0.2) is 5.78 Å². The van der Waals surface area contributed by atoms with Crippen LogP contribution in [0.15, 0.2) is 47.5 Å². The highest BCUT2D eigenvalue weighted by molar-refractivity contribution is 5.95. The molecular formula is C17H17NO3. The minimum absolute atomic E-state index is 0.0195. The van der Waals surface area contributed by atoms with Crippen LogP contribution in [-0.4, -0.2) is 26.2 Å². The number of carbonyl (C=O) groups excluding carboxylic acids is 1. The zero-order valence-electron chi connectivity index (χ0n) is 12.3. The number of hydrogen-bond acceptors (Lipinski definition) is 4. The number of rotatable bonds is 5. The quantitative estimate of drug-likeness (QED) is 0.621. The molecule has 0 aliphatic rings. The Morgan fingerprint density at radius 2 is 1.90 bits per heavy atom. The molecule has 0 aliphatic carbocycles. The smallest absolute Gasteiger partial charge is 0.159 e. The lowest BCUT2D eigenvalue weighted by Gasteiger charge is -2.06. The average Bonchev–Trinajstić information content (AvgIpc) is 2.52. The molecule has 0 aromatic heterocycles. The summed E-state index contributed by atoms with van der Waals surface area (Å²) in [4.78, 5) is 15.8. The molecule has 108 valence electrons. The van der Waals surface area contributed by atoms with Crippen LogP contribution in [0.2, 0.25) is 0 Å². The largest absolute Gasteiger partial charge is 0.497 e. The maximum atomic E-state index is 11.4. The van der Waals surface area contributed by atoms with Gasteiger partial charge in [-0.1, -0.05) is 12.1 Å². The fourth-order valence-corrected chi connectivity index (χ4v) is 1.89. The van der Waals surface area contributed by atoms with E-state index in [1.54, 1.807) is 32.6 Å². The van der Waals surface area contributed by atoms with Crippen LogP contribution in [0.1, 0.15) is 22.8 Å². The molecule has 0 spiro atoms. The van der Waals surface area contributed by atoms with E-state index in [1.807, 2.05) is 30.3 Å². The van der Waals surface area contributed by atoms with Crippen LogP contribution in [0.5, 0.6) is 11.5 Å². The van der Waals surface area contributed by atoms with E-state index in [2.05, 4.69) is 4.99 Å². The molecule has 0 atom stereocenters. The molecule has 0 fully saturated rings. The van der Waals surface area contributed by atoms with E-state index in [0.717, 1.165) is 11.3 Å². The van der Waals surface area contributed by atoms with Crippen molar-refractivity contribution in [1.29, 1.82) is 0 Å². The predicted octanol–water partition coefficient (Wildman–Crippen LogP) is 3.66. The molecule has 2 aromatic rings. The molecule has 0 unspecified atom stereocenters. The molecule has 2 aromatic carbocycles. The number of nitrogens with zero attached hydrogens (tertiary/aromatic N) is 1. The van der Waals surface area contributed by atoms with Crippen molar-refractivity contribution in [3.63, 3.8) is 0 Å². The molecular weight excluding hydrogens is 266 g/mol. The highest BCUT2D eigenvalue weighted by atomic mass is 16.5. The predicted molar refractivity (Wildman–Crippen MR) is 83.2 cm³/mol. The summed E-state index contributed by atoms with van der Waals surface area (Å²) >= 11 is 0. The standard InChI is InChI=1S/C17H17NO3/c1-12(19)13-5-4-6-15(9-13)18-11-14-10-16(20-2)7-8-17(14)21-3/h4-11H,1-3H3. The average molecular weight is 283 g/mol. The van der Waals surface area contributed by atoms with Gasteiger partial charge in [-0.15, -0.1) is 0 Å². The number of Topliss-reactive ketones (excluding diaryl/α,β-unsaturated/α-hetero) is 1. The maximum Gasteiger partial charge on any atom is 0.159 e. The third-order valence-electron chi connectivity index (χ3n) is 3.04. The number of benzene rings is 2. The number of ketones is 1. The highest BCUT2D eigenvalue weighted by Crippen LogP contribution is 2.23. The van der Waals surface area contributed by atoms with Crippen molar-refractivity contribution >= 4 is 17.7 Å². The van der Waals surface area contributed by atoms with Crippen LogP contribution in [0.4, 0.5) is 5.69 Å². The van der Waals surface area contributed by atoms with Crippen molar-refractivity contribution in [3.05, 3.63) is 53.6 Å². The summed E-state index contributed by atoms with van der Waals surface area (Å²) in [5, 5.41) is 0. The molecule has 21 heavy (non-hydrogen) atoms. The number of hydrogen-bond donors (Lipinski definition) is 0. The second kappa shape index (κ2) is 6.70. The first-order valence-electron chi connectivity index (χ1n) is 6.51. The van der Waals surface area contributed by atoms with Gasteiger partial charge in [0, 0.05) is 17.3 Å². The van der Waals surface area contributed by atoms with E-state index < -0.39 is 0 Å². The first-order chi connectivity index (χ1) is 10.1. The first-order valence-corrected chi connectivity index (χ1v) is 6.51. The molecule has 4 heteroatoms. The summed E-state index contributed by atoms with van der Waals surface area (Å²) in [7, 11) is 3.22. The Hall–Kier alpha value is -2.62. The van der Waals surface area contributed by atoms with Crippen LogP contribution in [-0.2, 0) is 0 Å². The van der Waals surface area contributed by atoms with Crippen LogP contribution in [0, 0.1) is 0 Å². The highest BCUT2D eigenvalue weighted by Gasteiger charge is 2.03. The normalized spacial score (nSPS) is 10.6. The third kappa shape index (κ3) is 3.69. The SMILES string of the molecule is COc1ccc(OC)c(C=Nc2cccc(C(C)=O)c2)c1. The Kier molecular flexibility index (Phi) is 4.72. The molecule has 0 aliphatic heterocycles. The zero-order valence-corrected chi connectivity index (χ0v) is 12.3. The van der Waals surface area contributed by atoms with E-state index in [0.29, 0.717) is 17.0 Å². The summed E-state index contributed by atoms with van der Waals surface area (Å²) in [6.45, 7) is 1.54. The van der Waals surface area contributed by atoms with Crippen LogP contribution < -0.4 is 9.47 Å². The lowest BCUT2D eigenvalue weighted by molar-refractivity contribution is 0.101. The number of carbonyl (C=O) groups is 1. The van der Waals surface area contributed by atoms with Crippen molar-refractivity contribution in [2.24, 2.45) is 4.99 Å². The summed E-state index contributed by atoms with van der Waals surface area (Å²) in [6, 6.07) is 12.7. The fraction of sp³-hybridized carbons (Fsp3) is 0.176. The zero-order chi connectivity index (χ0) is 15.2. The van der Waals surface area contributed by atoms with Gasteiger partial charge in [0.25, 0.3) is 0 Å². The minimum Gasteiger partial charge on any atom is -0.497 e. The van der Waals surface area contributed by atoms with Crippen molar-refractivity contribution in [1.82, 2.24) is 0 Å². The van der Waals surface area contributed by atoms with Gasteiger partial charge in [-0.3, -0.25) is 9.79 Å². The maximum absolute atomic E-state index is 11.4. The minimum atomic E-state index is 0.0195. The molecule has 4 nitrogen and oxygen atoms in total. The second-order valence-electron chi connectivity index (χ2n) is 4.47. The van der Waals surface area contributed by atoms with Crippen molar-refractivity contribution in [2.75, 3.05) is 14.2 Å². The summed E-state index contributed by atoms with van der Waals surface area (Å²) < 4.78 is 10.5. The molecule has 2 rings (SSSR count). The molecule has 0 radical (unpaired) electrons.